The van der Waals surface area contributed by atoms with Gasteiger partial charge >= 0.3 is 11.9 Å². The summed E-state index contributed by atoms with van der Waals surface area (Å²) in [5, 5.41) is 71.4. The van der Waals surface area contributed by atoms with Gasteiger partial charge in [-0.15, -0.1) is 0 Å². The summed E-state index contributed by atoms with van der Waals surface area (Å²) in [7, 11) is 0. The summed E-state index contributed by atoms with van der Waals surface area (Å²) in [6, 6.07) is -1.54. The number of aliphatic hydroxyl groups is 2. The van der Waals surface area contributed by atoms with Crippen molar-refractivity contribution in [3.63, 3.8) is 0 Å². The minimum Gasteiger partial charge on any atom is -0.508 e. The van der Waals surface area contributed by atoms with Crippen molar-refractivity contribution in [2.75, 3.05) is 24.2 Å². The van der Waals surface area contributed by atoms with E-state index in [1.165, 1.54) is 62.4 Å². The van der Waals surface area contributed by atoms with Gasteiger partial charge in [0.15, 0.2) is 28.4 Å². The van der Waals surface area contributed by atoms with E-state index >= 15 is 0 Å². The number of aliphatic carboxylic acids is 1. The van der Waals surface area contributed by atoms with Gasteiger partial charge in [0.2, 0.25) is 53.2 Å². The monoisotopic (exact) mass is 1180 g/mol. The molecule has 0 radical (unpaired) electrons. The zero-order chi connectivity index (χ0) is 62.4. The van der Waals surface area contributed by atoms with E-state index in [1.54, 1.807) is 13.8 Å². The Hall–Kier alpha value is -9.43. The van der Waals surface area contributed by atoms with Gasteiger partial charge in [-0.05, 0) is 74.9 Å². The number of nitrogens with one attached hydrogen (secondary N) is 9. The highest BCUT2D eigenvalue weighted by molar-refractivity contribution is 6.32. The van der Waals surface area contributed by atoms with Crippen LogP contribution in [0.15, 0.2) is 53.5 Å². The minimum atomic E-state index is -1.79. The number of phenolic OH excluding ortho intramolecular Hbond substituents is 2. The Balaban J connectivity index is 1.87. The van der Waals surface area contributed by atoms with E-state index in [0.717, 1.165) is 6.92 Å². The number of aliphatic imine (C=N–C) groups is 1. The standard InChI is InChI=1S/C50H69ClN16O16/c1-21(2)16-30(61-47(81)33(20-68)63-43(77)29(14-15-35(73)74)59-40-38(51)64-37(39(53)66-40)49(83)67-50(54)55)44(78)57-23(4)42(76)60-31(17-25-6-10-27(70)11-7-25)45(79)62-32(18-26-8-12-28(71)13-9-26)46(80)65-36(24(5)69)48(82)58-22(3)41(75)56-19-34(52)72/h6-13,21-24,29-33,36,68-71H,14-20H2,1-5H3,(H2,52,72)(H,56,75)(H,57,78)(H,58,82)(H,60,76)(H,61,81)(H,62,79)(H,63,77)(H,65,80)(H,73,74)(H3,53,59,66)(H4,54,55,67,83)/t22-,23+,24+,29-,30-,31-,32-,33-,36-/m0/s1. The number of primary amides is 1. The van der Waals surface area contributed by atoms with Gasteiger partial charge in [-0.2, -0.15) is 4.99 Å². The number of carbonyl (C=O) groups excluding carboxylic acids is 10. The molecule has 0 aliphatic rings. The number of nitrogens with two attached hydrogens (primary N) is 4. The van der Waals surface area contributed by atoms with Gasteiger partial charge < -0.3 is 96.3 Å². The maximum Gasteiger partial charge on any atom is 0.303 e. The molecular weight excluding hydrogens is 1120 g/mol. The summed E-state index contributed by atoms with van der Waals surface area (Å²) >= 11 is 6.20. The lowest BCUT2D eigenvalue weighted by molar-refractivity contribution is -0.137. The van der Waals surface area contributed by atoms with Crippen molar-refractivity contribution in [1.82, 2.24) is 52.5 Å². The molecule has 1 aromatic heterocycles. The second-order valence-corrected chi connectivity index (χ2v) is 19.6. The number of phenols is 2. The van der Waals surface area contributed by atoms with Crippen molar-refractivity contribution in [3.8, 4) is 11.5 Å². The van der Waals surface area contributed by atoms with E-state index in [0.29, 0.717) is 11.1 Å². The zero-order valence-corrected chi connectivity index (χ0v) is 46.4. The van der Waals surface area contributed by atoms with Crippen LogP contribution in [0, 0.1) is 5.92 Å². The first kappa shape index (κ1) is 67.8. The van der Waals surface area contributed by atoms with Crippen LogP contribution < -0.4 is 70.8 Å². The molecule has 0 spiro atoms. The number of aliphatic hydroxyl groups excluding tert-OH is 2. The maximum atomic E-state index is 14.4. The third-order valence-electron chi connectivity index (χ3n) is 11.8. The minimum absolute atomic E-state index is 0.0830. The summed E-state index contributed by atoms with van der Waals surface area (Å²) in [6.07, 6.45) is -3.39. The van der Waals surface area contributed by atoms with Crippen molar-refractivity contribution in [3.05, 3.63) is 70.5 Å². The molecule has 2 aromatic carbocycles. The van der Waals surface area contributed by atoms with Gasteiger partial charge in [-0.3, -0.25) is 52.7 Å². The number of halogens is 1. The summed E-state index contributed by atoms with van der Waals surface area (Å²) in [6.45, 7) is 5.42. The number of carbonyl (C=O) groups is 11. The third kappa shape index (κ3) is 22.6. The molecule has 32 nitrogen and oxygen atoms in total. The summed E-state index contributed by atoms with van der Waals surface area (Å²) in [5.41, 5.74) is 21.6. The summed E-state index contributed by atoms with van der Waals surface area (Å²) < 4.78 is 0. The number of anilines is 2. The molecule has 22 N–H and O–H groups in total. The average Bonchev–Trinajstić information content (AvgIpc) is 3.40. The Bertz CT molecular complexity index is 2870. The Morgan fingerprint density at radius 3 is 1.55 bits per heavy atom. The van der Waals surface area contributed by atoms with Gasteiger partial charge in [0, 0.05) is 19.3 Å². The van der Waals surface area contributed by atoms with Crippen LogP contribution in [0.1, 0.15) is 75.5 Å². The van der Waals surface area contributed by atoms with E-state index < -0.39 is 174 Å². The number of carboxylic acid groups (broad SMARTS) is 1. The van der Waals surface area contributed by atoms with Crippen LogP contribution in [-0.4, -0.2) is 174 Å². The Morgan fingerprint density at radius 1 is 0.602 bits per heavy atom. The molecule has 0 aliphatic heterocycles. The molecule has 0 fully saturated rings. The van der Waals surface area contributed by atoms with E-state index in [-0.39, 0.29) is 36.7 Å². The normalized spacial score (nSPS) is 14.2. The number of carboxylic acids is 1. The molecule has 1 heterocycles. The van der Waals surface area contributed by atoms with E-state index in [9.17, 15) is 78.3 Å². The number of rotatable bonds is 31. The molecule has 10 amide bonds. The molecule has 0 bridgehead atoms. The predicted octanol–water partition coefficient (Wildman–Crippen LogP) is -4.88. The summed E-state index contributed by atoms with van der Waals surface area (Å²) in [5.74, 6) is -13.6. The van der Waals surface area contributed by atoms with Crippen LogP contribution in [0.3, 0.4) is 0 Å². The second kappa shape index (κ2) is 32.1. The lowest BCUT2D eigenvalue weighted by Crippen LogP contribution is -2.61. The van der Waals surface area contributed by atoms with Crippen LogP contribution in [-0.2, 0) is 60.8 Å². The number of hydrogen-bond donors (Lipinski definition) is 18. The Morgan fingerprint density at radius 2 is 1.06 bits per heavy atom. The fourth-order valence-electron chi connectivity index (χ4n) is 7.45. The summed E-state index contributed by atoms with van der Waals surface area (Å²) in [4.78, 5) is 156. The van der Waals surface area contributed by atoms with Crippen LogP contribution in [0.25, 0.3) is 0 Å². The quantitative estimate of drug-likeness (QED) is 0.0212. The fourth-order valence-corrected chi connectivity index (χ4v) is 7.63. The molecule has 83 heavy (non-hydrogen) atoms. The van der Waals surface area contributed by atoms with Gasteiger partial charge in [0.1, 0.15) is 59.8 Å². The van der Waals surface area contributed by atoms with Gasteiger partial charge in [0.05, 0.1) is 19.3 Å². The number of nitrogen functional groups attached to an aromatic ring is 1. The molecule has 3 aromatic rings. The molecule has 0 unspecified atom stereocenters. The Labute approximate surface area is 479 Å². The van der Waals surface area contributed by atoms with Crippen LogP contribution in [0.5, 0.6) is 11.5 Å². The van der Waals surface area contributed by atoms with Crippen LogP contribution in [0.2, 0.25) is 5.15 Å². The fraction of sp³-hybridized carbons (Fsp3) is 0.440. The lowest BCUT2D eigenvalue weighted by Gasteiger charge is -2.28. The number of nitrogens with zero attached hydrogens (tertiary/aromatic N) is 3. The number of guanidine groups is 1. The maximum absolute atomic E-state index is 14.4. The van der Waals surface area contributed by atoms with Crippen molar-refractivity contribution in [1.29, 1.82) is 0 Å². The smallest absolute Gasteiger partial charge is 0.303 e. The number of benzene rings is 2. The highest BCUT2D eigenvalue weighted by atomic mass is 35.5. The predicted molar refractivity (Wildman–Crippen MR) is 295 cm³/mol. The molecule has 0 aliphatic carbocycles. The van der Waals surface area contributed by atoms with E-state index in [4.69, 9.17) is 34.5 Å². The van der Waals surface area contributed by atoms with Gasteiger partial charge in [0.25, 0.3) is 0 Å². The number of hydrogen-bond acceptors (Lipinski definition) is 19. The first-order chi connectivity index (χ1) is 38.9. The topological polar surface area (TPSA) is 539 Å². The second-order valence-electron chi connectivity index (χ2n) is 19.2. The van der Waals surface area contributed by atoms with Crippen LogP contribution >= 0.6 is 11.6 Å². The van der Waals surface area contributed by atoms with Crippen LogP contribution in [0.4, 0.5) is 11.6 Å². The van der Waals surface area contributed by atoms with Crippen molar-refractivity contribution < 1.29 is 78.3 Å². The number of aromatic hydroxyl groups is 2. The molecule has 452 valence electrons. The first-order valence-corrected chi connectivity index (χ1v) is 25.8. The van der Waals surface area contributed by atoms with Gasteiger partial charge in [-0.1, -0.05) is 49.7 Å². The first-order valence-electron chi connectivity index (χ1n) is 25.4. The molecule has 0 saturated heterocycles. The van der Waals surface area contributed by atoms with E-state index in [1.807, 2.05) is 0 Å². The molecular formula is C50H69ClN16O16. The highest BCUT2D eigenvalue weighted by Crippen LogP contribution is 2.23. The highest BCUT2D eigenvalue weighted by Gasteiger charge is 2.35. The van der Waals surface area contributed by atoms with Gasteiger partial charge in [-0.25, -0.2) is 9.97 Å². The lowest BCUT2D eigenvalue weighted by atomic mass is 10.0. The third-order valence-corrected chi connectivity index (χ3v) is 12.0. The van der Waals surface area contributed by atoms with Crippen molar-refractivity contribution in [2.45, 2.75) is 121 Å². The molecule has 0 saturated carbocycles. The Kier molecular flexibility index (Phi) is 26.3. The molecule has 3 rings (SSSR count). The number of amides is 10. The molecule has 33 heteroatoms. The number of aromatic nitrogens is 2. The van der Waals surface area contributed by atoms with E-state index in [2.05, 4.69) is 62.8 Å². The van der Waals surface area contributed by atoms with Crippen molar-refractivity contribution >= 4 is 94.2 Å². The largest absolute Gasteiger partial charge is 0.508 e. The SMILES string of the molecule is CC(C)C[C@H](NC(=O)[C@H](CO)NC(=O)[C@H](CCC(=O)O)Nc1nc(N)c(C(=O)N=C(N)N)nc1Cl)C(=O)N[C@H](C)C(=O)N[C@@H](Cc1ccc(O)cc1)C(=O)N[C@@H](Cc1ccc(O)cc1)C(=O)N[C@H](C(=O)N[C@@H](C)C(=O)NCC(N)=O)[C@@H](C)O. The molecule has 9 atom stereocenters. The van der Waals surface area contributed by atoms with Crippen molar-refractivity contribution in [2.24, 2.45) is 28.1 Å². The average molecular weight is 1190 g/mol. The zero-order valence-electron chi connectivity index (χ0n) is 45.6.